The number of nitro benzene ring substituents is 2. The van der Waals surface area contributed by atoms with E-state index in [9.17, 15) is 25.0 Å². The summed E-state index contributed by atoms with van der Waals surface area (Å²) < 4.78 is 11.0. The summed E-state index contributed by atoms with van der Waals surface area (Å²) in [6.45, 7) is 0.603. The highest BCUT2D eigenvalue weighted by Gasteiger charge is 2.44. The number of hydrogen-bond acceptors (Lipinski definition) is 9. The lowest BCUT2D eigenvalue weighted by Gasteiger charge is -2.48. The molecule has 2 heterocycles. The maximum absolute atomic E-state index is 13.6. The van der Waals surface area contributed by atoms with E-state index in [-0.39, 0.29) is 29.7 Å². The first-order valence-electron chi connectivity index (χ1n) is 12.2. The van der Waals surface area contributed by atoms with E-state index in [2.05, 4.69) is 10.0 Å². The monoisotopic (exact) mass is 531 g/mol. The third-order valence-corrected chi connectivity index (χ3v) is 7.05. The summed E-state index contributed by atoms with van der Waals surface area (Å²) in [5.74, 6) is 0.949. The van der Waals surface area contributed by atoms with Gasteiger partial charge < -0.3 is 9.47 Å². The van der Waals surface area contributed by atoms with Gasteiger partial charge in [0.25, 0.3) is 11.4 Å². The fourth-order valence-corrected chi connectivity index (χ4v) is 5.14. The largest absolute Gasteiger partial charge is 0.493 e. The average Bonchev–Trinajstić information content (AvgIpc) is 2.95. The highest BCUT2D eigenvalue weighted by molar-refractivity contribution is 5.84. The van der Waals surface area contributed by atoms with Gasteiger partial charge in [0.05, 0.1) is 30.3 Å². The fraction of sp³-hybridized carbons (Fsp3) is 0.259. The second-order valence-electron chi connectivity index (χ2n) is 9.17. The fourth-order valence-electron chi connectivity index (χ4n) is 5.14. The van der Waals surface area contributed by atoms with Gasteiger partial charge in [-0.05, 0) is 65.1 Å². The molecule has 2 unspecified atom stereocenters. The Hall–Kier alpha value is -4.84. The molecule has 2 aliphatic rings. The Kier molecular flexibility index (Phi) is 6.94. The molecule has 2 aliphatic heterocycles. The molecule has 0 spiro atoms. The summed E-state index contributed by atoms with van der Waals surface area (Å²) in [6.07, 6.45) is 1.69. The summed E-state index contributed by atoms with van der Waals surface area (Å²) in [7, 11) is 3.14. The van der Waals surface area contributed by atoms with Crippen molar-refractivity contribution >= 4 is 23.5 Å². The van der Waals surface area contributed by atoms with Crippen molar-refractivity contribution in [1.29, 1.82) is 0 Å². The summed E-state index contributed by atoms with van der Waals surface area (Å²) in [5.41, 5.74) is 3.17. The highest BCUT2D eigenvalue weighted by Crippen LogP contribution is 2.46. The number of carbonyl (C=O) groups is 1. The molecule has 12 nitrogen and oxygen atoms in total. The van der Waals surface area contributed by atoms with Gasteiger partial charge in [0.2, 0.25) is 5.91 Å². The van der Waals surface area contributed by atoms with Crippen LogP contribution in [0.3, 0.4) is 0 Å². The van der Waals surface area contributed by atoms with Crippen molar-refractivity contribution in [3.63, 3.8) is 0 Å². The van der Waals surface area contributed by atoms with Gasteiger partial charge in [0.15, 0.2) is 11.5 Å². The van der Waals surface area contributed by atoms with E-state index in [1.54, 1.807) is 38.5 Å². The van der Waals surface area contributed by atoms with Crippen molar-refractivity contribution in [2.45, 2.75) is 25.0 Å². The molecule has 3 aromatic carbocycles. The van der Waals surface area contributed by atoms with E-state index in [4.69, 9.17) is 9.47 Å². The minimum Gasteiger partial charge on any atom is -0.493 e. The van der Waals surface area contributed by atoms with Crippen LogP contribution in [0.25, 0.3) is 0 Å². The lowest BCUT2D eigenvalue weighted by Crippen LogP contribution is -2.52. The van der Waals surface area contributed by atoms with Gasteiger partial charge >= 0.3 is 0 Å². The topological polar surface area (TPSA) is 141 Å². The maximum Gasteiger partial charge on any atom is 0.269 e. The van der Waals surface area contributed by atoms with Gasteiger partial charge in [-0.3, -0.25) is 29.9 Å². The van der Waals surface area contributed by atoms with Crippen LogP contribution in [0.15, 0.2) is 65.8 Å². The number of methoxy groups -OCH3 is 2. The van der Waals surface area contributed by atoms with Crippen LogP contribution in [0, 0.1) is 20.2 Å². The minimum absolute atomic E-state index is 0.0492. The van der Waals surface area contributed by atoms with E-state index >= 15 is 0 Å². The number of hydrazone groups is 1. The Balaban J connectivity index is 1.55. The number of benzene rings is 3. The summed E-state index contributed by atoms with van der Waals surface area (Å²) in [4.78, 5) is 37.0. The SMILES string of the molecule is COc1cc2c(cc1OC)C1CC(=O)N(/N=C/c3ccc([N+](=O)[O-])cc3)C(c3ccc([N+](=O)[O-])cc3)N1CC2. The second kappa shape index (κ2) is 10.5. The van der Waals surface area contributed by atoms with E-state index in [1.807, 2.05) is 12.1 Å². The third-order valence-electron chi connectivity index (χ3n) is 7.05. The average molecular weight is 532 g/mol. The van der Waals surface area contributed by atoms with E-state index in [0.717, 1.165) is 11.1 Å². The Bertz CT molecular complexity index is 1460. The minimum atomic E-state index is -0.632. The van der Waals surface area contributed by atoms with E-state index in [1.165, 1.54) is 35.5 Å². The zero-order chi connectivity index (χ0) is 27.7. The molecular formula is C27H25N5O7. The number of amides is 1. The summed E-state index contributed by atoms with van der Waals surface area (Å²) in [5, 5.41) is 28.1. The molecule has 0 aromatic heterocycles. The van der Waals surface area contributed by atoms with Crippen LogP contribution >= 0.6 is 0 Å². The van der Waals surface area contributed by atoms with Crippen LogP contribution in [-0.2, 0) is 11.2 Å². The molecule has 2 atom stereocenters. The van der Waals surface area contributed by atoms with Gasteiger partial charge in [-0.1, -0.05) is 0 Å². The number of carbonyl (C=O) groups excluding carboxylic acids is 1. The van der Waals surface area contributed by atoms with Crippen LogP contribution in [-0.4, -0.2) is 52.6 Å². The normalized spacial score (nSPS) is 18.9. The van der Waals surface area contributed by atoms with Gasteiger partial charge in [-0.25, -0.2) is 5.01 Å². The van der Waals surface area contributed by atoms with Crippen molar-refractivity contribution in [2.24, 2.45) is 5.10 Å². The molecule has 5 rings (SSSR count). The molecule has 3 aromatic rings. The zero-order valence-electron chi connectivity index (χ0n) is 21.2. The van der Waals surface area contributed by atoms with Gasteiger partial charge in [-0.15, -0.1) is 0 Å². The van der Waals surface area contributed by atoms with Gasteiger partial charge in [0, 0.05) is 43.3 Å². The second-order valence-corrected chi connectivity index (χ2v) is 9.17. The van der Waals surface area contributed by atoms with E-state index < -0.39 is 16.0 Å². The van der Waals surface area contributed by atoms with Crippen molar-refractivity contribution in [2.75, 3.05) is 20.8 Å². The quantitative estimate of drug-likeness (QED) is 0.248. The molecule has 0 radical (unpaired) electrons. The van der Waals surface area contributed by atoms with Crippen molar-refractivity contribution in [3.8, 4) is 11.5 Å². The molecule has 0 aliphatic carbocycles. The standard InChI is InChI=1S/C27H25N5O7/c1-38-24-13-19-11-12-29-23(22(19)14-25(24)39-2)15-26(33)30(27(29)18-5-9-21(10-6-18)32(36)37)28-16-17-3-7-20(8-4-17)31(34)35/h3-10,13-14,16,23,27H,11-12,15H2,1-2H3/b28-16+. The lowest BCUT2D eigenvalue weighted by atomic mass is 9.87. The number of ether oxygens (including phenoxy) is 2. The Morgan fingerprint density at radius 3 is 2.10 bits per heavy atom. The smallest absolute Gasteiger partial charge is 0.269 e. The van der Waals surface area contributed by atoms with Crippen LogP contribution in [0.1, 0.15) is 40.9 Å². The molecule has 12 heteroatoms. The maximum atomic E-state index is 13.6. The molecule has 39 heavy (non-hydrogen) atoms. The molecule has 1 amide bonds. The first kappa shape index (κ1) is 25.8. The Morgan fingerprint density at radius 2 is 1.51 bits per heavy atom. The highest BCUT2D eigenvalue weighted by atomic mass is 16.6. The summed E-state index contributed by atoms with van der Waals surface area (Å²) in [6, 6.07) is 15.5. The zero-order valence-corrected chi connectivity index (χ0v) is 21.2. The Morgan fingerprint density at radius 1 is 0.923 bits per heavy atom. The van der Waals surface area contributed by atoms with Gasteiger partial charge in [-0.2, -0.15) is 5.10 Å². The molecule has 0 saturated carbocycles. The first-order chi connectivity index (χ1) is 18.8. The molecule has 200 valence electrons. The number of nitro groups is 2. The van der Waals surface area contributed by atoms with Crippen LogP contribution < -0.4 is 9.47 Å². The Labute approximate surface area is 223 Å². The van der Waals surface area contributed by atoms with Crippen LogP contribution in [0.5, 0.6) is 11.5 Å². The van der Waals surface area contributed by atoms with Crippen molar-refractivity contribution in [3.05, 3.63) is 103 Å². The molecule has 1 saturated heterocycles. The lowest BCUT2D eigenvalue weighted by molar-refractivity contribution is -0.385. The number of non-ortho nitro benzene ring substituents is 2. The number of rotatable bonds is 7. The van der Waals surface area contributed by atoms with Crippen molar-refractivity contribution < 1.29 is 24.1 Å². The van der Waals surface area contributed by atoms with Crippen LogP contribution in [0.4, 0.5) is 11.4 Å². The molecule has 0 bridgehead atoms. The third kappa shape index (κ3) is 4.89. The van der Waals surface area contributed by atoms with Crippen LogP contribution in [0.2, 0.25) is 0 Å². The first-order valence-corrected chi connectivity index (χ1v) is 12.2. The molecular weight excluding hydrogens is 506 g/mol. The predicted molar refractivity (Wildman–Crippen MR) is 141 cm³/mol. The summed E-state index contributed by atoms with van der Waals surface area (Å²) >= 11 is 0. The van der Waals surface area contributed by atoms with E-state index in [0.29, 0.717) is 35.6 Å². The van der Waals surface area contributed by atoms with Gasteiger partial charge in [0.1, 0.15) is 6.17 Å². The number of nitrogens with zero attached hydrogens (tertiary/aromatic N) is 5. The predicted octanol–water partition coefficient (Wildman–Crippen LogP) is 4.38. The number of hydrogen-bond donors (Lipinski definition) is 0. The number of fused-ring (bicyclic) bond motifs is 3. The molecule has 1 fully saturated rings. The van der Waals surface area contributed by atoms with Crippen molar-refractivity contribution in [1.82, 2.24) is 9.91 Å². The molecule has 0 N–H and O–H groups in total.